The predicted molar refractivity (Wildman–Crippen MR) is 113 cm³/mol. The van der Waals surface area contributed by atoms with Crippen molar-refractivity contribution in [1.82, 2.24) is 9.29 Å². The molecule has 8 heteroatoms. The highest BCUT2D eigenvalue weighted by Gasteiger charge is 2.19. The lowest BCUT2D eigenvalue weighted by molar-refractivity contribution is -0.115. The molecule has 1 aromatic heterocycles. The van der Waals surface area contributed by atoms with Crippen molar-refractivity contribution in [2.75, 3.05) is 19.4 Å². The topological polar surface area (TPSA) is 79.4 Å². The molecule has 1 N–H and O–H groups in total. The van der Waals surface area contributed by atoms with Gasteiger partial charge in [0.15, 0.2) is 0 Å². The van der Waals surface area contributed by atoms with Gasteiger partial charge in [-0.1, -0.05) is 48.2 Å². The number of pyridine rings is 1. The van der Waals surface area contributed by atoms with Crippen LogP contribution in [0.2, 0.25) is 0 Å². The molecule has 28 heavy (non-hydrogen) atoms. The number of fused-ring (bicyclic) bond motifs is 1. The number of hydrogen-bond acceptors (Lipinski definition) is 5. The molecular weight excluding hydrogens is 394 g/mol. The van der Waals surface area contributed by atoms with Gasteiger partial charge in [-0.2, -0.15) is 0 Å². The third-order valence-electron chi connectivity index (χ3n) is 4.20. The number of hydrogen-bond donors (Lipinski definition) is 1. The van der Waals surface area contributed by atoms with Crippen molar-refractivity contribution in [2.24, 2.45) is 0 Å². The van der Waals surface area contributed by atoms with Crippen LogP contribution < -0.4 is 5.32 Å². The summed E-state index contributed by atoms with van der Waals surface area (Å²) in [6.07, 6.45) is 1.31. The van der Waals surface area contributed by atoms with E-state index < -0.39 is 15.3 Å². The van der Waals surface area contributed by atoms with Crippen LogP contribution in [0.25, 0.3) is 10.8 Å². The van der Waals surface area contributed by atoms with Gasteiger partial charge in [0, 0.05) is 31.4 Å². The summed E-state index contributed by atoms with van der Waals surface area (Å²) in [5, 5.41) is 5.18. The Kier molecular flexibility index (Phi) is 6.02. The van der Waals surface area contributed by atoms with Crippen molar-refractivity contribution in [3.8, 4) is 0 Å². The Morgan fingerprint density at radius 2 is 1.79 bits per heavy atom. The van der Waals surface area contributed by atoms with Crippen LogP contribution in [0.4, 0.5) is 5.69 Å². The van der Waals surface area contributed by atoms with Gasteiger partial charge < -0.3 is 5.32 Å². The van der Waals surface area contributed by atoms with E-state index in [1.165, 1.54) is 38.1 Å². The first kappa shape index (κ1) is 20.3. The smallest absolute Gasteiger partial charge is 0.244 e. The van der Waals surface area contributed by atoms with Crippen LogP contribution >= 0.6 is 11.8 Å². The van der Waals surface area contributed by atoms with Crippen LogP contribution in [0.1, 0.15) is 6.92 Å². The third-order valence-corrected chi connectivity index (χ3v) is 7.05. The fourth-order valence-electron chi connectivity index (χ4n) is 2.60. The number of benzene rings is 2. The predicted octanol–water partition coefficient (Wildman–Crippen LogP) is 3.60. The number of aromatic nitrogens is 1. The molecule has 0 aliphatic rings. The summed E-state index contributed by atoms with van der Waals surface area (Å²) >= 11 is 1.27. The van der Waals surface area contributed by atoms with E-state index >= 15 is 0 Å². The minimum atomic E-state index is -3.52. The molecule has 0 radical (unpaired) electrons. The molecule has 0 bridgehead atoms. The summed E-state index contributed by atoms with van der Waals surface area (Å²) in [4.78, 5) is 16.9. The number of thioether (sulfide) groups is 1. The van der Waals surface area contributed by atoms with Gasteiger partial charge in [0.2, 0.25) is 15.9 Å². The zero-order valence-electron chi connectivity index (χ0n) is 15.8. The van der Waals surface area contributed by atoms with Crippen LogP contribution in [0.5, 0.6) is 0 Å². The molecule has 1 heterocycles. The minimum Gasteiger partial charge on any atom is -0.325 e. The number of anilines is 1. The van der Waals surface area contributed by atoms with Gasteiger partial charge in [-0.15, -0.1) is 0 Å². The molecule has 1 atom stereocenters. The highest BCUT2D eigenvalue weighted by Crippen LogP contribution is 2.26. The van der Waals surface area contributed by atoms with Gasteiger partial charge in [0.25, 0.3) is 0 Å². The van der Waals surface area contributed by atoms with E-state index in [0.29, 0.717) is 5.03 Å². The van der Waals surface area contributed by atoms with Crippen molar-refractivity contribution < 1.29 is 13.2 Å². The maximum atomic E-state index is 12.6. The van der Waals surface area contributed by atoms with E-state index in [1.807, 2.05) is 42.5 Å². The van der Waals surface area contributed by atoms with Crippen molar-refractivity contribution in [3.63, 3.8) is 0 Å². The first-order valence-corrected chi connectivity index (χ1v) is 10.9. The Hall–Kier alpha value is -2.42. The van der Waals surface area contributed by atoms with Crippen LogP contribution in [0, 0.1) is 0 Å². The maximum Gasteiger partial charge on any atom is 0.244 e. The molecule has 0 fully saturated rings. The fourth-order valence-corrected chi connectivity index (χ4v) is 4.24. The van der Waals surface area contributed by atoms with E-state index in [-0.39, 0.29) is 10.8 Å². The molecule has 0 saturated carbocycles. The summed E-state index contributed by atoms with van der Waals surface area (Å²) in [7, 11) is -0.578. The lowest BCUT2D eigenvalue weighted by Gasteiger charge is -2.14. The molecule has 0 spiro atoms. The number of nitrogens with zero attached hydrogens (tertiary/aromatic N) is 2. The Bertz CT molecular complexity index is 1090. The lowest BCUT2D eigenvalue weighted by atomic mass is 10.1. The third kappa shape index (κ3) is 4.35. The number of nitrogens with one attached hydrogen (secondary N) is 1. The van der Waals surface area contributed by atoms with Crippen LogP contribution in [-0.2, 0) is 14.8 Å². The fraction of sp³-hybridized carbons (Fsp3) is 0.200. The van der Waals surface area contributed by atoms with Gasteiger partial charge in [0.1, 0.15) is 4.90 Å². The Balaban J connectivity index is 1.71. The molecule has 3 rings (SSSR count). The second-order valence-electron chi connectivity index (χ2n) is 6.40. The quantitative estimate of drug-likeness (QED) is 0.622. The molecule has 0 unspecified atom stereocenters. The zero-order chi connectivity index (χ0) is 20.3. The highest BCUT2D eigenvalue weighted by molar-refractivity contribution is 8.00. The maximum absolute atomic E-state index is 12.6. The Morgan fingerprint density at radius 1 is 1.07 bits per heavy atom. The van der Waals surface area contributed by atoms with E-state index in [0.717, 1.165) is 20.8 Å². The average Bonchev–Trinajstić information content (AvgIpc) is 2.68. The second kappa shape index (κ2) is 8.30. The van der Waals surface area contributed by atoms with Crippen LogP contribution in [-0.4, -0.2) is 43.0 Å². The molecule has 3 aromatic rings. The largest absolute Gasteiger partial charge is 0.325 e. The molecule has 0 aliphatic heterocycles. The molecule has 2 aromatic carbocycles. The van der Waals surface area contributed by atoms with Gasteiger partial charge in [-0.25, -0.2) is 17.7 Å². The summed E-state index contributed by atoms with van der Waals surface area (Å²) in [5.74, 6) is -0.145. The molecule has 6 nitrogen and oxygen atoms in total. The van der Waals surface area contributed by atoms with E-state index in [4.69, 9.17) is 0 Å². The van der Waals surface area contributed by atoms with E-state index in [1.54, 1.807) is 13.0 Å². The van der Waals surface area contributed by atoms with E-state index in [2.05, 4.69) is 10.3 Å². The molecule has 0 saturated heterocycles. The number of amides is 1. The normalized spacial score (nSPS) is 12.9. The average molecular weight is 416 g/mol. The van der Waals surface area contributed by atoms with Gasteiger partial charge >= 0.3 is 0 Å². The van der Waals surface area contributed by atoms with E-state index in [9.17, 15) is 13.2 Å². The second-order valence-corrected chi connectivity index (χ2v) is 9.91. The van der Waals surface area contributed by atoms with Crippen LogP contribution in [0.3, 0.4) is 0 Å². The van der Waals surface area contributed by atoms with Gasteiger partial charge in [0.05, 0.1) is 10.3 Å². The number of carbonyl (C=O) groups is 1. The molecular formula is C20H21N3O3S2. The summed E-state index contributed by atoms with van der Waals surface area (Å²) < 4.78 is 25.3. The van der Waals surface area contributed by atoms with Crippen molar-refractivity contribution in [1.29, 1.82) is 0 Å². The first-order valence-electron chi connectivity index (χ1n) is 8.63. The molecule has 0 aliphatic carbocycles. The standard InChI is InChI=1S/C20H21N3O3S2/c1-14(27-19-12-11-16(13-21-19)28(25,26)23(2)3)20(24)22-18-10-6-8-15-7-4-5-9-17(15)18/h4-14H,1-3H3,(H,22,24)/t14-/m0/s1. The number of carbonyl (C=O) groups excluding carboxylic acids is 1. The summed E-state index contributed by atoms with van der Waals surface area (Å²) in [6, 6.07) is 16.7. The Morgan fingerprint density at radius 3 is 2.46 bits per heavy atom. The summed E-state index contributed by atoms with van der Waals surface area (Å²) in [5.41, 5.74) is 0.760. The van der Waals surface area contributed by atoms with Crippen molar-refractivity contribution >= 4 is 44.2 Å². The summed E-state index contributed by atoms with van der Waals surface area (Å²) in [6.45, 7) is 1.79. The zero-order valence-corrected chi connectivity index (χ0v) is 17.4. The lowest BCUT2D eigenvalue weighted by Crippen LogP contribution is -2.23. The number of sulfonamides is 1. The van der Waals surface area contributed by atoms with Crippen LogP contribution in [0.15, 0.2) is 70.7 Å². The first-order chi connectivity index (χ1) is 13.3. The van der Waals surface area contributed by atoms with Gasteiger partial charge in [-0.3, -0.25) is 4.79 Å². The minimum absolute atomic E-state index is 0.120. The molecule has 1 amide bonds. The SMILES string of the molecule is C[C@H](Sc1ccc(S(=O)(=O)N(C)C)cn1)C(=O)Nc1cccc2ccccc12. The molecule has 146 valence electrons. The van der Waals surface area contributed by atoms with Crippen molar-refractivity contribution in [3.05, 3.63) is 60.8 Å². The van der Waals surface area contributed by atoms with Gasteiger partial charge in [-0.05, 0) is 30.5 Å². The number of rotatable bonds is 6. The monoisotopic (exact) mass is 415 g/mol. The Labute approximate surface area is 169 Å². The highest BCUT2D eigenvalue weighted by atomic mass is 32.2. The van der Waals surface area contributed by atoms with Crippen molar-refractivity contribution in [2.45, 2.75) is 22.1 Å².